The third kappa shape index (κ3) is 2.81. The van der Waals surface area contributed by atoms with Crippen molar-refractivity contribution in [1.29, 1.82) is 0 Å². The molecule has 0 saturated carbocycles. The van der Waals surface area contributed by atoms with E-state index in [-0.39, 0.29) is 11.8 Å². The molecule has 6 rings (SSSR count). The number of hydrogen-bond donors (Lipinski definition) is 0. The molecule has 6 nitrogen and oxygen atoms in total. The van der Waals surface area contributed by atoms with Crippen LogP contribution >= 0.6 is 0 Å². The van der Waals surface area contributed by atoms with Gasteiger partial charge in [0, 0.05) is 37.3 Å². The molecule has 0 fully saturated rings. The molecule has 34 heavy (non-hydrogen) atoms. The largest absolute Gasteiger partial charge is 0.309 e. The number of fused-ring (bicyclic) bond motifs is 3. The highest BCUT2D eigenvalue weighted by Gasteiger charge is 2.47. The maximum absolute atomic E-state index is 13.5. The summed E-state index contributed by atoms with van der Waals surface area (Å²) in [6.07, 6.45) is 3.59. The maximum atomic E-state index is 13.5. The topological polar surface area (TPSA) is 66.4 Å². The van der Waals surface area contributed by atoms with Gasteiger partial charge in [0.2, 0.25) is 0 Å². The molecule has 0 unspecified atom stereocenters. The molecule has 0 saturated heterocycles. The zero-order valence-corrected chi connectivity index (χ0v) is 19.4. The van der Waals surface area contributed by atoms with Crippen molar-refractivity contribution in [2.24, 2.45) is 0 Å². The Labute approximate surface area is 196 Å². The molecule has 2 aliphatic rings. The van der Waals surface area contributed by atoms with Crippen molar-refractivity contribution < 1.29 is 9.59 Å². The van der Waals surface area contributed by atoms with Gasteiger partial charge in [-0.05, 0) is 48.9 Å². The third-order valence-corrected chi connectivity index (χ3v) is 6.67. The summed E-state index contributed by atoms with van der Waals surface area (Å²) >= 11 is 0. The summed E-state index contributed by atoms with van der Waals surface area (Å²) in [6.45, 7) is 4.07. The van der Waals surface area contributed by atoms with Gasteiger partial charge < -0.3 is 9.80 Å². The summed E-state index contributed by atoms with van der Waals surface area (Å²) in [5.41, 5.74) is 5.33. The molecular weight excluding hydrogens is 424 g/mol. The Kier molecular flexibility index (Phi) is 4.23. The van der Waals surface area contributed by atoms with Gasteiger partial charge in [0.15, 0.2) is 0 Å². The molecule has 2 aromatic carbocycles. The first-order valence-electron chi connectivity index (χ1n) is 11.1. The van der Waals surface area contributed by atoms with Crippen LogP contribution in [0.15, 0.2) is 72.1 Å². The van der Waals surface area contributed by atoms with Gasteiger partial charge in [-0.2, -0.15) is 0 Å². The zero-order chi connectivity index (χ0) is 23.7. The first-order valence-corrected chi connectivity index (χ1v) is 11.1. The molecule has 2 amide bonds. The first kappa shape index (κ1) is 20.3. The number of carbonyl (C=O) groups excluding carboxylic acids is 2. The fourth-order valence-corrected chi connectivity index (χ4v) is 4.91. The molecule has 2 aromatic heterocycles. The molecule has 0 N–H and O–H groups in total. The standard InChI is InChI=1S/C28H22N4O2/c1-15-5-7-17-11-21(29-13-19(17)9-15)25-23-24(28(34)31(25)3)26(32(4)27(23)33)22-12-18-8-6-16(2)10-20(18)14-30-22/h5-14H,1-4H3. The van der Waals surface area contributed by atoms with Crippen molar-refractivity contribution in [3.8, 4) is 0 Å². The lowest BCUT2D eigenvalue weighted by Crippen LogP contribution is -2.25. The molecular formula is C28H22N4O2. The third-order valence-electron chi connectivity index (χ3n) is 6.67. The van der Waals surface area contributed by atoms with E-state index in [1.54, 1.807) is 26.5 Å². The molecule has 2 aliphatic heterocycles. The second-order valence-electron chi connectivity index (χ2n) is 9.02. The van der Waals surface area contributed by atoms with Gasteiger partial charge in [-0.15, -0.1) is 0 Å². The second-order valence-corrected chi connectivity index (χ2v) is 9.02. The lowest BCUT2D eigenvalue weighted by Gasteiger charge is -2.19. The van der Waals surface area contributed by atoms with Crippen LogP contribution in [0.2, 0.25) is 0 Å². The van der Waals surface area contributed by atoms with E-state index in [9.17, 15) is 9.59 Å². The highest BCUT2D eigenvalue weighted by Crippen LogP contribution is 2.45. The highest BCUT2D eigenvalue weighted by molar-refractivity contribution is 6.30. The minimum Gasteiger partial charge on any atom is -0.309 e. The molecule has 6 heteroatoms. The quantitative estimate of drug-likeness (QED) is 0.456. The number of rotatable bonds is 2. The Balaban J connectivity index is 1.57. The van der Waals surface area contributed by atoms with Crippen molar-refractivity contribution in [1.82, 2.24) is 19.8 Å². The number of benzene rings is 2. The monoisotopic (exact) mass is 446 g/mol. The van der Waals surface area contributed by atoms with E-state index in [0.29, 0.717) is 33.9 Å². The number of nitrogens with zero attached hydrogens (tertiary/aromatic N) is 4. The SMILES string of the molecule is Cc1ccc2cc(C3=C4C(=O)N(C)C(c5cc6ccc(C)cc6cn5)=C4C(=O)N3C)ncc2c1. The Bertz CT molecular complexity index is 1520. The predicted octanol–water partition coefficient (Wildman–Crippen LogP) is 4.47. The van der Waals surface area contributed by atoms with Crippen LogP contribution in [-0.2, 0) is 9.59 Å². The van der Waals surface area contributed by atoms with Crippen LogP contribution in [0, 0.1) is 13.8 Å². The highest BCUT2D eigenvalue weighted by atomic mass is 16.2. The Morgan fingerprint density at radius 2 is 1.00 bits per heavy atom. The van der Waals surface area contributed by atoms with Crippen LogP contribution in [0.5, 0.6) is 0 Å². The van der Waals surface area contributed by atoms with Crippen molar-refractivity contribution >= 4 is 44.8 Å². The number of aromatic nitrogens is 2. The van der Waals surface area contributed by atoms with Crippen molar-refractivity contribution in [3.63, 3.8) is 0 Å². The van der Waals surface area contributed by atoms with Crippen LogP contribution in [0.25, 0.3) is 32.9 Å². The van der Waals surface area contributed by atoms with E-state index < -0.39 is 0 Å². The molecule has 4 aromatic rings. The van der Waals surface area contributed by atoms with Gasteiger partial charge in [0.05, 0.1) is 33.9 Å². The summed E-state index contributed by atoms with van der Waals surface area (Å²) < 4.78 is 0. The summed E-state index contributed by atoms with van der Waals surface area (Å²) in [7, 11) is 3.39. The van der Waals surface area contributed by atoms with E-state index in [2.05, 4.69) is 22.1 Å². The number of likely N-dealkylation sites (N-methyl/N-ethyl adjacent to an activating group) is 2. The van der Waals surface area contributed by atoms with Gasteiger partial charge >= 0.3 is 0 Å². The van der Waals surface area contributed by atoms with Crippen molar-refractivity contribution in [2.75, 3.05) is 14.1 Å². The average Bonchev–Trinajstić information content (AvgIpc) is 3.23. The fourth-order valence-electron chi connectivity index (χ4n) is 4.91. The first-order chi connectivity index (χ1) is 16.3. The van der Waals surface area contributed by atoms with Crippen LogP contribution < -0.4 is 0 Å². The number of aryl methyl sites for hydroxylation is 2. The molecule has 0 bridgehead atoms. The van der Waals surface area contributed by atoms with Gasteiger partial charge in [-0.25, -0.2) is 0 Å². The van der Waals surface area contributed by atoms with E-state index in [1.807, 2.05) is 50.2 Å². The van der Waals surface area contributed by atoms with Crippen molar-refractivity contribution in [2.45, 2.75) is 13.8 Å². The summed E-state index contributed by atoms with van der Waals surface area (Å²) in [4.78, 5) is 39.2. The molecule has 0 atom stereocenters. The predicted molar refractivity (Wildman–Crippen MR) is 132 cm³/mol. The van der Waals surface area contributed by atoms with E-state index in [4.69, 9.17) is 0 Å². The maximum Gasteiger partial charge on any atom is 0.261 e. The normalized spacial score (nSPS) is 16.0. The van der Waals surface area contributed by atoms with Gasteiger partial charge in [0.25, 0.3) is 11.8 Å². The van der Waals surface area contributed by atoms with Crippen LogP contribution in [0.4, 0.5) is 0 Å². The number of pyridine rings is 2. The average molecular weight is 447 g/mol. The summed E-state index contributed by atoms with van der Waals surface area (Å²) in [5.74, 6) is -0.455. The lowest BCUT2D eigenvalue weighted by atomic mass is 10.0. The van der Waals surface area contributed by atoms with Gasteiger partial charge in [0.1, 0.15) is 0 Å². The number of carbonyl (C=O) groups is 2. The van der Waals surface area contributed by atoms with Crippen LogP contribution in [-0.4, -0.2) is 45.7 Å². The Morgan fingerprint density at radius 1 is 0.588 bits per heavy atom. The molecule has 4 heterocycles. The van der Waals surface area contributed by atoms with Gasteiger partial charge in [-0.3, -0.25) is 19.6 Å². The minimum atomic E-state index is -0.227. The van der Waals surface area contributed by atoms with Crippen LogP contribution in [0.1, 0.15) is 22.5 Å². The summed E-state index contributed by atoms with van der Waals surface area (Å²) in [5, 5.41) is 4.05. The molecule has 0 spiro atoms. The van der Waals surface area contributed by atoms with Crippen molar-refractivity contribution in [3.05, 3.63) is 94.6 Å². The zero-order valence-electron chi connectivity index (χ0n) is 19.4. The molecule has 166 valence electrons. The molecule has 0 radical (unpaired) electrons. The van der Waals surface area contributed by atoms with E-state index >= 15 is 0 Å². The smallest absolute Gasteiger partial charge is 0.261 e. The van der Waals surface area contributed by atoms with E-state index in [0.717, 1.165) is 32.7 Å². The fraction of sp³-hybridized carbons (Fsp3) is 0.143. The van der Waals surface area contributed by atoms with Crippen LogP contribution in [0.3, 0.4) is 0 Å². The Hall–Kier alpha value is -4.32. The molecule has 0 aliphatic carbocycles. The second kappa shape index (κ2) is 7.09. The number of amides is 2. The van der Waals surface area contributed by atoms with Gasteiger partial charge in [-0.1, -0.05) is 35.4 Å². The number of hydrogen-bond acceptors (Lipinski definition) is 4. The minimum absolute atomic E-state index is 0.227. The lowest BCUT2D eigenvalue weighted by molar-refractivity contribution is -0.123. The Morgan fingerprint density at radius 3 is 1.41 bits per heavy atom. The van der Waals surface area contributed by atoms with E-state index in [1.165, 1.54) is 9.80 Å². The summed E-state index contributed by atoms with van der Waals surface area (Å²) in [6, 6.07) is 16.1.